The lowest BCUT2D eigenvalue weighted by Crippen LogP contribution is -2.08. The lowest BCUT2D eigenvalue weighted by molar-refractivity contribution is 0.710. The molecule has 0 N–H and O–H groups in total. The minimum atomic E-state index is 0.338. The second-order valence-electron chi connectivity index (χ2n) is 3.38. The van der Waals surface area contributed by atoms with Crippen molar-refractivity contribution in [3.63, 3.8) is 0 Å². The minimum Gasteiger partial charge on any atom is -0.0982 e. The van der Waals surface area contributed by atoms with E-state index in [1.165, 1.54) is 5.57 Å². The van der Waals surface area contributed by atoms with Crippen molar-refractivity contribution in [1.82, 2.24) is 0 Å². The maximum absolute atomic E-state index is 3.26. The molecule has 0 spiro atoms. The van der Waals surface area contributed by atoms with Gasteiger partial charge < -0.3 is 0 Å². The van der Waals surface area contributed by atoms with Crippen LogP contribution in [0.5, 0.6) is 0 Å². The molecule has 2 aliphatic carbocycles. The van der Waals surface area contributed by atoms with E-state index in [1.54, 1.807) is 0 Å². The zero-order chi connectivity index (χ0) is 9.10. The van der Waals surface area contributed by atoms with Crippen LogP contribution in [0.25, 0.3) is 0 Å². The Morgan fingerprint density at radius 3 is 3.15 bits per heavy atom. The highest BCUT2D eigenvalue weighted by molar-refractivity contribution is 5.36. The molecule has 2 rings (SSSR count). The molecule has 0 fully saturated rings. The van der Waals surface area contributed by atoms with Crippen molar-refractivity contribution in [2.45, 2.75) is 19.8 Å². The Labute approximate surface area is 79.7 Å². The highest BCUT2D eigenvalue weighted by atomic mass is 14.2. The van der Waals surface area contributed by atoms with Gasteiger partial charge in [-0.1, -0.05) is 48.3 Å². The first-order valence-electron chi connectivity index (χ1n) is 4.76. The predicted molar refractivity (Wildman–Crippen MR) is 54.7 cm³/mol. The summed E-state index contributed by atoms with van der Waals surface area (Å²) in [7, 11) is 0. The van der Waals surface area contributed by atoms with Crippen molar-refractivity contribution in [3.05, 3.63) is 23.8 Å². The van der Waals surface area contributed by atoms with Gasteiger partial charge >= 0.3 is 0 Å². The minimum absolute atomic E-state index is 0.338. The van der Waals surface area contributed by atoms with Gasteiger partial charge in [-0.05, 0) is 12.5 Å². The Kier molecular flexibility index (Phi) is 2.24. The Hall–Kier alpha value is -1.40. The number of allylic oxidation sites excluding steroid dienone is 4. The average Bonchev–Trinajstić information content (AvgIpc) is 2.38. The highest BCUT2D eigenvalue weighted by Crippen LogP contribution is 2.22. The molecule has 0 aliphatic heterocycles. The van der Waals surface area contributed by atoms with E-state index in [0.717, 1.165) is 12.8 Å². The average molecular weight is 168 g/mol. The molecule has 2 unspecified atom stereocenters. The zero-order valence-corrected chi connectivity index (χ0v) is 7.80. The summed E-state index contributed by atoms with van der Waals surface area (Å²) in [6.45, 7) is 2.18. The molecular formula is C13H12. The molecule has 0 amide bonds. The van der Waals surface area contributed by atoms with E-state index in [-0.39, 0.29) is 0 Å². The highest BCUT2D eigenvalue weighted by Gasteiger charge is 2.16. The largest absolute Gasteiger partial charge is 0.0982 e. The topological polar surface area (TPSA) is 0 Å². The molecule has 0 heterocycles. The maximum atomic E-state index is 3.26. The summed E-state index contributed by atoms with van der Waals surface area (Å²) in [6, 6.07) is 0. The molecule has 0 aromatic carbocycles. The lowest BCUT2D eigenvalue weighted by atomic mass is 9.89. The van der Waals surface area contributed by atoms with Crippen LogP contribution in [0, 0.1) is 35.5 Å². The number of hydrogen-bond donors (Lipinski definition) is 0. The summed E-state index contributed by atoms with van der Waals surface area (Å²) < 4.78 is 0. The molecule has 64 valence electrons. The van der Waals surface area contributed by atoms with Crippen LogP contribution in [0.4, 0.5) is 0 Å². The summed E-state index contributed by atoms with van der Waals surface area (Å²) in [4.78, 5) is 0. The van der Waals surface area contributed by atoms with Crippen molar-refractivity contribution in [3.8, 4) is 23.7 Å². The van der Waals surface area contributed by atoms with Crippen molar-refractivity contribution in [1.29, 1.82) is 0 Å². The van der Waals surface area contributed by atoms with Crippen molar-refractivity contribution in [2.75, 3.05) is 0 Å². The van der Waals surface area contributed by atoms with E-state index in [4.69, 9.17) is 0 Å². The second-order valence-corrected chi connectivity index (χ2v) is 3.38. The van der Waals surface area contributed by atoms with Gasteiger partial charge in [0.05, 0.1) is 11.8 Å². The fourth-order valence-corrected chi connectivity index (χ4v) is 1.63. The predicted octanol–water partition coefficient (Wildman–Crippen LogP) is 2.54. The van der Waals surface area contributed by atoms with Gasteiger partial charge in [0.2, 0.25) is 0 Å². The molecule has 0 aromatic heterocycles. The first-order valence-corrected chi connectivity index (χ1v) is 4.76. The van der Waals surface area contributed by atoms with E-state index >= 15 is 0 Å². The van der Waals surface area contributed by atoms with E-state index in [2.05, 4.69) is 42.8 Å². The van der Waals surface area contributed by atoms with Gasteiger partial charge in [0.15, 0.2) is 0 Å². The Morgan fingerprint density at radius 1 is 1.38 bits per heavy atom. The molecule has 13 heavy (non-hydrogen) atoms. The molecule has 0 saturated carbocycles. The van der Waals surface area contributed by atoms with Crippen LogP contribution in [0.3, 0.4) is 0 Å². The van der Waals surface area contributed by atoms with E-state index in [0.29, 0.717) is 11.8 Å². The van der Waals surface area contributed by atoms with Crippen LogP contribution >= 0.6 is 0 Å². The van der Waals surface area contributed by atoms with E-state index < -0.39 is 0 Å². The summed E-state index contributed by atoms with van der Waals surface area (Å²) in [5.74, 6) is 13.4. The van der Waals surface area contributed by atoms with E-state index in [9.17, 15) is 0 Å². The smallest absolute Gasteiger partial charge is 0.0565 e. The normalized spacial score (nSPS) is 28.5. The number of hydrogen-bond acceptors (Lipinski definition) is 0. The lowest BCUT2D eigenvalue weighted by Gasteiger charge is -2.12. The quantitative estimate of drug-likeness (QED) is 0.417. The number of fused-ring (bicyclic) bond motifs is 1. The zero-order valence-electron chi connectivity index (χ0n) is 7.80. The van der Waals surface area contributed by atoms with Crippen LogP contribution in [-0.4, -0.2) is 0 Å². The third-order valence-electron chi connectivity index (χ3n) is 2.48. The van der Waals surface area contributed by atoms with Crippen LogP contribution in [-0.2, 0) is 0 Å². The van der Waals surface area contributed by atoms with Gasteiger partial charge in [-0.2, -0.15) is 0 Å². The van der Waals surface area contributed by atoms with Crippen molar-refractivity contribution < 1.29 is 0 Å². The van der Waals surface area contributed by atoms with Gasteiger partial charge in [0, 0.05) is 6.42 Å². The molecule has 0 heteroatoms. The fraction of sp³-hybridized carbons (Fsp3) is 0.385. The molecule has 2 atom stereocenters. The van der Waals surface area contributed by atoms with Crippen LogP contribution in [0.1, 0.15) is 19.8 Å². The maximum Gasteiger partial charge on any atom is 0.0565 e. The third kappa shape index (κ3) is 1.68. The van der Waals surface area contributed by atoms with Gasteiger partial charge in [0.25, 0.3) is 0 Å². The molecular weight excluding hydrogens is 156 g/mol. The molecule has 0 radical (unpaired) electrons. The molecule has 0 aromatic rings. The standard InChI is InChI=1S/C13H12/c1-2-11-6-5-9-12-7-3-4-8-13(12)10-11/h3,7,10,12-13H,2,6H2,1H3. The Balaban J connectivity index is 2.31. The first kappa shape index (κ1) is 8.21. The van der Waals surface area contributed by atoms with Crippen molar-refractivity contribution >= 4 is 0 Å². The van der Waals surface area contributed by atoms with Gasteiger partial charge in [-0.15, -0.1) is 0 Å². The van der Waals surface area contributed by atoms with Gasteiger partial charge in [0.1, 0.15) is 0 Å². The summed E-state index contributed by atoms with van der Waals surface area (Å²) in [5, 5.41) is 0. The number of rotatable bonds is 1. The second kappa shape index (κ2) is 3.55. The summed E-state index contributed by atoms with van der Waals surface area (Å²) in [5.41, 5.74) is 1.43. The van der Waals surface area contributed by atoms with Crippen LogP contribution in [0.2, 0.25) is 0 Å². The third-order valence-corrected chi connectivity index (χ3v) is 2.48. The van der Waals surface area contributed by atoms with Crippen molar-refractivity contribution in [2.24, 2.45) is 11.8 Å². The van der Waals surface area contributed by atoms with Crippen LogP contribution in [0.15, 0.2) is 23.8 Å². The molecule has 0 bridgehead atoms. The fourth-order valence-electron chi connectivity index (χ4n) is 1.63. The molecule has 0 nitrogen and oxygen atoms in total. The monoisotopic (exact) mass is 168 g/mol. The molecule has 2 aliphatic rings. The Morgan fingerprint density at radius 2 is 2.31 bits per heavy atom. The van der Waals surface area contributed by atoms with Gasteiger partial charge in [-0.3, -0.25) is 0 Å². The van der Waals surface area contributed by atoms with E-state index in [1.807, 2.05) is 6.08 Å². The van der Waals surface area contributed by atoms with Crippen LogP contribution < -0.4 is 0 Å². The Bertz CT molecular complexity index is 374. The summed E-state index contributed by atoms with van der Waals surface area (Å²) >= 11 is 0. The van der Waals surface area contributed by atoms with Gasteiger partial charge in [-0.25, -0.2) is 0 Å². The first-order chi connectivity index (χ1) is 6.40. The SMILES string of the molecule is CCC1=CC2C#CC=CC2C#CC1. The molecule has 0 saturated heterocycles. The summed E-state index contributed by atoms with van der Waals surface area (Å²) in [6.07, 6.45) is 8.35.